The Morgan fingerprint density at radius 2 is 1.80 bits per heavy atom. The topological polar surface area (TPSA) is 21.3 Å². The molecule has 2 fully saturated rings. The summed E-state index contributed by atoms with van der Waals surface area (Å²) in [4.78, 5) is 0. The van der Waals surface area contributed by atoms with Gasteiger partial charge in [0, 0.05) is 12.6 Å². The van der Waals surface area contributed by atoms with Crippen LogP contribution in [0.5, 0.6) is 0 Å². The first-order valence-electron chi connectivity index (χ1n) is 9.05. The standard InChI is InChI=1S/C18H35NO/c1-4-19-17-11-10-16(14(2)3)12-18(17)20-13-15-8-6-5-7-9-15/h14-19H,4-13H2,1-3H3. The van der Waals surface area contributed by atoms with Crippen molar-refractivity contribution in [3.8, 4) is 0 Å². The monoisotopic (exact) mass is 281 g/mol. The van der Waals surface area contributed by atoms with Crippen LogP contribution in [0.1, 0.15) is 72.1 Å². The number of ether oxygens (including phenoxy) is 1. The average molecular weight is 281 g/mol. The van der Waals surface area contributed by atoms with Crippen molar-refractivity contribution in [2.45, 2.75) is 84.3 Å². The molecule has 3 unspecified atom stereocenters. The summed E-state index contributed by atoms with van der Waals surface area (Å²) in [6.07, 6.45) is 11.5. The molecular weight excluding hydrogens is 246 g/mol. The van der Waals surface area contributed by atoms with Crippen LogP contribution < -0.4 is 5.32 Å². The quantitative estimate of drug-likeness (QED) is 0.780. The third-order valence-corrected chi connectivity index (χ3v) is 5.51. The zero-order valence-electron chi connectivity index (χ0n) is 13.9. The smallest absolute Gasteiger partial charge is 0.0730 e. The van der Waals surface area contributed by atoms with E-state index in [4.69, 9.17) is 4.74 Å². The van der Waals surface area contributed by atoms with E-state index in [2.05, 4.69) is 26.1 Å². The second-order valence-corrected chi connectivity index (χ2v) is 7.36. The number of rotatable bonds is 6. The van der Waals surface area contributed by atoms with Gasteiger partial charge in [-0.1, -0.05) is 40.0 Å². The van der Waals surface area contributed by atoms with Crippen molar-refractivity contribution in [3.63, 3.8) is 0 Å². The SMILES string of the molecule is CCNC1CCC(C(C)C)CC1OCC1CCCCC1. The first-order chi connectivity index (χ1) is 9.70. The lowest BCUT2D eigenvalue weighted by Crippen LogP contribution is -2.46. The van der Waals surface area contributed by atoms with Crippen LogP contribution in [0.4, 0.5) is 0 Å². The first kappa shape index (κ1) is 16.3. The molecule has 0 aromatic rings. The van der Waals surface area contributed by atoms with Gasteiger partial charge in [0.15, 0.2) is 0 Å². The molecule has 0 spiro atoms. The molecule has 3 atom stereocenters. The Morgan fingerprint density at radius 3 is 2.45 bits per heavy atom. The maximum atomic E-state index is 6.41. The molecule has 2 aliphatic rings. The summed E-state index contributed by atoms with van der Waals surface area (Å²) in [7, 11) is 0. The van der Waals surface area contributed by atoms with E-state index in [1.165, 1.54) is 51.4 Å². The Morgan fingerprint density at radius 1 is 1.05 bits per heavy atom. The molecule has 2 heteroatoms. The molecule has 0 aliphatic heterocycles. The molecule has 0 bridgehead atoms. The third kappa shape index (κ3) is 4.73. The van der Waals surface area contributed by atoms with Crippen LogP contribution in [0.2, 0.25) is 0 Å². The van der Waals surface area contributed by atoms with Gasteiger partial charge in [-0.25, -0.2) is 0 Å². The van der Waals surface area contributed by atoms with Crippen LogP contribution in [0.15, 0.2) is 0 Å². The third-order valence-electron chi connectivity index (χ3n) is 5.51. The van der Waals surface area contributed by atoms with Crippen LogP contribution in [0.25, 0.3) is 0 Å². The predicted molar refractivity (Wildman–Crippen MR) is 86.0 cm³/mol. The predicted octanol–water partition coefficient (Wildman–Crippen LogP) is 4.39. The molecule has 0 aromatic carbocycles. The number of hydrogen-bond acceptors (Lipinski definition) is 2. The molecule has 118 valence electrons. The van der Waals surface area contributed by atoms with Gasteiger partial charge in [-0.15, -0.1) is 0 Å². The second kappa shape index (κ2) is 8.38. The van der Waals surface area contributed by atoms with Crippen molar-refractivity contribution >= 4 is 0 Å². The maximum Gasteiger partial charge on any atom is 0.0730 e. The van der Waals surface area contributed by atoms with Crippen molar-refractivity contribution in [3.05, 3.63) is 0 Å². The fourth-order valence-electron chi connectivity index (χ4n) is 4.06. The molecule has 2 aliphatic carbocycles. The van der Waals surface area contributed by atoms with E-state index in [0.717, 1.165) is 30.9 Å². The van der Waals surface area contributed by atoms with E-state index in [0.29, 0.717) is 12.1 Å². The molecule has 0 saturated heterocycles. The van der Waals surface area contributed by atoms with Crippen LogP contribution in [-0.4, -0.2) is 25.3 Å². The summed E-state index contributed by atoms with van der Waals surface area (Å²) in [6, 6.07) is 0.596. The molecule has 0 amide bonds. The van der Waals surface area contributed by atoms with E-state index in [1.54, 1.807) is 0 Å². The molecule has 0 radical (unpaired) electrons. The Balaban J connectivity index is 1.82. The van der Waals surface area contributed by atoms with Gasteiger partial charge in [0.2, 0.25) is 0 Å². The van der Waals surface area contributed by atoms with E-state index >= 15 is 0 Å². The van der Waals surface area contributed by atoms with Gasteiger partial charge >= 0.3 is 0 Å². The number of likely N-dealkylation sites (N-methyl/N-ethyl adjacent to an activating group) is 1. The summed E-state index contributed by atoms with van der Waals surface area (Å²) in [5, 5.41) is 3.66. The van der Waals surface area contributed by atoms with Crippen LogP contribution in [0.3, 0.4) is 0 Å². The molecule has 1 N–H and O–H groups in total. The Labute approximate surface area is 126 Å². The van der Waals surface area contributed by atoms with Gasteiger partial charge in [-0.3, -0.25) is 0 Å². The normalized spacial score (nSPS) is 32.7. The Hall–Kier alpha value is -0.0800. The minimum atomic E-state index is 0.457. The summed E-state index contributed by atoms with van der Waals surface area (Å²) < 4.78 is 6.41. The average Bonchev–Trinajstić information content (AvgIpc) is 2.47. The van der Waals surface area contributed by atoms with Crippen molar-refractivity contribution in [1.82, 2.24) is 5.32 Å². The zero-order chi connectivity index (χ0) is 14.4. The van der Waals surface area contributed by atoms with Gasteiger partial charge in [0.1, 0.15) is 0 Å². The van der Waals surface area contributed by atoms with Gasteiger partial charge in [-0.2, -0.15) is 0 Å². The van der Waals surface area contributed by atoms with Gasteiger partial charge in [-0.05, 0) is 56.4 Å². The largest absolute Gasteiger partial charge is 0.376 e. The highest BCUT2D eigenvalue weighted by molar-refractivity contribution is 4.87. The summed E-state index contributed by atoms with van der Waals surface area (Å²) in [6.45, 7) is 9.04. The molecule has 0 aromatic heterocycles. The molecule has 2 nitrogen and oxygen atoms in total. The van der Waals surface area contributed by atoms with Gasteiger partial charge in [0.05, 0.1) is 6.10 Å². The summed E-state index contributed by atoms with van der Waals surface area (Å²) in [5.74, 6) is 2.50. The Kier molecular flexibility index (Phi) is 6.83. The van der Waals surface area contributed by atoms with E-state index in [-0.39, 0.29) is 0 Å². The van der Waals surface area contributed by atoms with Crippen LogP contribution in [0, 0.1) is 17.8 Å². The molecule has 0 heterocycles. The van der Waals surface area contributed by atoms with Crippen molar-refractivity contribution in [2.24, 2.45) is 17.8 Å². The number of nitrogens with one attached hydrogen (secondary N) is 1. The highest BCUT2D eigenvalue weighted by Gasteiger charge is 2.32. The molecular formula is C18H35NO. The lowest BCUT2D eigenvalue weighted by atomic mass is 9.78. The Bertz CT molecular complexity index is 260. The van der Waals surface area contributed by atoms with Crippen molar-refractivity contribution < 1.29 is 4.74 Å². The second-order valence-electron chi connectivity index (χ2n) is 7.36. The first-order valence-corrected chi connectivity index (χ1v) is 9.05. The van der Waals surface area contributed by atoms with Crippen molar-refractivity contribution in [2.75, 3.05) is 13.2 Å². The zero-order valence-corrected chi connectivity index (χ0v) is 13.9. The minimum Gasteiger partial charge on any atom is -0.376 e. The van der Waals surface area contributed by atoms with Gasteiger partial charge in [0.25, 0.3) is 0 Å². The highest BCUT2D eigenvalue weighted by Crippen LogP contribution is 2.33. The van der Waals surface area contributed by atoms with E-state index in [9.17, 15) is 0 Å². The summed E-state index contributed by atoms with van der Waals surface area (Å²) >= 11 is 0. The lowest BCUT2D eigenvalue weighted by molar-refractivity contribution is -0.0352. The number of hydrogen-bond donors (Lipinski definition) is 1. The lowest BCUT2D eigenvalue weighted by Gasteiger charge is -2.39. The van der Waals surface area contributed by atoms with E-state index < -0.39 is 0 Å². The fourth-order valence-corrected chi connectivity index (χ4v) is 4.06. The maximum absolute atomic E-state index is 6.41. The highest BCUT2D eigenvalue weighted by atomic mass is 16.5. The van der Waals surface area contributed by atoms with Crippen LogP contribution >= 0.6 is 0 Å². The van der Waals surface area contributed by atoms with Gasteiger partial charge < -0.3 is 10.1 Å². The molecule has 2 saturated carbocycles. The fraction of sp³-hybridized carbons (Fsp3) is 1.00. The van der Waals surface area contributed by atoms with Crippen molar-refractivity contribution in [1.29, 1.82) is 0 Å². The minimum absolute atomic E-state index is 0.457. The van der Waals surface area contributed by atoms with Crippen LogP contribution in [-0.2, 0) is 4.74 Å². The molecule has 2 rings (SSSR count). The summed E-state index contributed by atoms with van der Waals surface area (Å²) in [5.41, 5.74) is 0. The molecule has 20 heavy (non-hydrogen) atoms. The van der Waals surface area contributed by atoms with E-state index in [1.807, 2.05) is 0 Å².